The number of rotatable bonds is 5. The van der Waals surface area contributed by atoms with Crippen LogP contribution in [0, 0.1) is 0 Å². The molecule has 1 aliphatic rings. The zero-order valence-electron chi connectivity index (χ0n) is 14.0. The first-order valence-electron chi connectivity index (χ1n) is 8.40. The summed E-state index contributed by atoms with van der Waals surface area (Å²) in [5.74, 6) is -0.346. The molecule has 1 aromatic carbocycles. The molecule has 3 aromatic rings. The highest BCUT2D eigenvalue weighted by atomic mass is 16.3. The first-order chi connectivity index (χ1) is 12.7. The molecular formula is C19H18N4O3. The highest BCUT2D eigenvalue weighted by molar-refractivity contribution is 5.95. The minimum Gasteiger partial charge on any atom is -0.472 e. The summed E-state index contributed by atoms with van der Waals surface area (Å²) in [7, 11) is 0. The normalized spacial score (nSPS) is 15.5. The van der Waals surface area contributed by atoms with Crippen LogP contribution < -0.4 is 10.6 Å². The molecule has 132 valence electrons. The van der Waals surface area contributed by atoms with Gasteiger partial charge in [-0.2, -0.15) is 5.10 Å². The molecule has 3 heterocycles. The van der Waals surface area contributed by atoms with E-state index in [1.165, 1.54) is 12.5 Å². The zero-order chi connectivity index (χ0) is 17.9. The van der Waals surface area contributed by atoms with Crippen molar-refractivity contribution in [1.82, 2.24) is 20.4 Å². The zero-order valence-corrected chi connectivity index (χ0v) is 14.0. The van der Waals surface area contributed by atoms with Crippen molar-refractivity contribution in [2.24, 2.45) is 0 Å². The second-order valence-electron chi connectivity index (χ2n) is 6.24. The first kappa shape index (κ1) is 16.1. The van der Waals surface area contributed by atoms with Gasteiger partial charge < -0.3 is 15.1 Å². The van der Waals surface area contributed by atoms with Gasteiger partial charge in [0.25, 0.3) is 11.8 Å². The molecule has 1 aliphatic heterocycles. The van der Waals surface area contributed by atoms with E-state index in [4.69, 9.17) is 4.42 Å². The van der Waals surface area contributed by atoms with E-state index in [1.807, 2.05) is 30.3 Å². The van der Waals surface area contributed by atoms with Gasteiger partial charge in [-0.25, -0.2) is 0 Å². The molecule has 2 amide bonds. The van der Waals surface area contributed by atoms with Crippen molar-refractivity contribution in [3.8, 4) is 0 Å². The number of fused-ring (bicyclic) bond motifs is 1. The number of nitrogens with zero attached hydrogens (tertiary/aromatic N) is 2. The Hall–Kier alpha value is -3.35. The Morgan fingerprint density at radius 1 is 1.19 bits per heavy atom. The van der Waals surface area contributed by atoms with Crippen LogP contribution in [0.15, 0.2) is 59.5 Å². The molecule has 7 heteroatoms. The van der Waals surface area contributed by atoms with E-state index in [0.717, 1.165) is 11.3 Å². The van der Waals surface area contributed by atoms with Gasteiger partial charge in [-0.15, -0.1) is 0 Å². The maximum atomic E-state index is 12.5. The summed E-state index contributed by atoms with van der Waals surface area (Å²) in [4.78, 5) is 24.6. The molecule has 2 N–H and O–H groups in total. The Kier molecular flexibility index (Phi) is 4.27. The third-order valence-electron chi connectivity index (χ3n) is 4.44. The number of carbonyl (C=O) groups excluding carboxylic acids is 2. The van der Waals surface area contributed by atoms with E-state index in [2.05, 4.69) is 15.7 Å². The Balaban J connectivity index is 1.38. The van der Waals surface area contributed by atoms with Gasteiger partial charge in [-0.3, -0.25) is 14.3 Å². The summed E-state index contributed by atoms with van der Waals surface area (Å²) in [5.41, 5.74) is 2.92. The summed E-state index contributed by atoms with van der Waals surface area (Å²) >= 11 is 0. The number of benzene rings is 1. The van der Waals surface area contributed by atoms with Gasteiger partial charge >= 0.3 is 0 Å². The monoisotopic (exact) mass is 350 g/mol. The van der Waals surface area contributed by atoms with Crippen LogP contribution in [0.1, 0.15) is 32.0 Å². The largest absolute Gasteiger partial charge is 0.472 e. The fraction of sp³-hybridized carbons (Fsp3) is 0.211. The lowest BCUT2D eigenvalue weighted by atomic mass is 10.1. The van der Waals surface area contributed by atoms with Crippen molar-refractivity contribution in [3.63, 3.8) is 0 Å². The molecule has 0 saturated carbocycles. The third kappa shape index (κ3) is 3.23. The van der Waals surface area contributed by atoms with Gasteiger partial charge in [0, 0.05) is 13.0 Å². The minimum absolute atomic E-state index is 0.0956. The molecule has 7 nitrogen and oxygen atoms in total. The summed E-state index contributed by atoms with van der Waals surface area (Å²) in [6.45, 7) is 1.01. The molecule has 0 fully saturated rings. The van der Waals surface area contributed by atoms with Crippen molar-refractivity contribution < 1.29 is 14.0 Å². The van der Waals surface area contributed by atoms with Crippen molar-refractivity contribution in [1.29, 1.82) is 0 Å². The minimum atomic E-state index is -0.190. The Labute approximate surface area is 150 Å². The molecule has 0 aliphatic carbocycles. The van der Waals surface area contributed by atoms with Gasteiger partial charge in [-0.05, 0) is 11.6 Å². The molecule has 1 atom stereocenters. The molecule has 1 unspecified atom stereocenters. The topological polar surface area (TPSA) is 89.2 Å². The fourth-order valence-corrected chi connectivity index (χ4v) is 3.11. The number of nitrogens with one attached hydrogen (secondary N) is 2. The van der Waals surface area contributed by atoms with Crippen LogP contribution in [0.2, 0.25) is 0 Å². The number of furan rings is 1. The second-order valence-corrected chi connectivity index (χ2v) is 6.24. The van der Waals surface area contributed by atoms with E-state index in [9.17, 15) is 9.59 Å². The van der Waals surface area contributed by atoms with Crippen molar-refractivity contribution >= 4 is 11.8 Å². The predicted molar refractivity (Wildman–Crippen MR) is 93.5 cm³/mol. The molecule has 26 heavy (non-hydrogen) atoms. The second kappa shape index (κ2) is 6.87. The van der Waals surface area contributed by atoms with Gasteiger partial charge in [0.2, 0.25) is 0 Å². The summed E-state index contributed by atoms with van der Waals surface area (Å²) < 4.78 is 6.71. The molecule has 0 spiro atoms. The Morgan fingerprint density at radius 2 is 2.04 bits per heavy atom. The van der Waals surface area contributed by atoms with E-state index in [-0.39, 0.29) is 17.9 Å². The number of hydrogen-bond donors (Lipinski definition) is 2. The van der Waals surface area contributed by atoms with Gasteiger partial charge in [-0.1, -0.05) is 30.3 Å². The van der Waals surface area contributed by atoms with Gasteiger partial charge in [0.05, 0.1) is 41.9 Å². The molecule has 4 rings (SSSR count). The van der Waals surface area contributed by atoms with Crippen LogP contribution in [0.25, 0.3) is 0 Å². The average Bonchev–Trinajstić information content (AvgIpc) is 3.37. The number of amides is 2. The van der Waals surface area contributed by atoms with Gasteiger partial charge in [0.15, 0.2) is 0 Å². The predicted octanol–water partition coefficient (Wildman–Crippen LogP) is 1.76. The van der Waals surface area contributed by atoms with Crippen LogP contribution in [-0.2, 0) is 19.5 Å². The molecule has 0 bridgehead atoms. The van der Waals surface area contributed by atoms with Crippen LogP contribution in [0.3, 0.4) is 0 Å². The first-order valence-corrected chi connectivity index (χ1v) is 8.40. The smallest absolute Gasteiger partial charge is 0.255 e. The third-order valence-corrected chi connectivity index (χ3v) is 4.44. The maximum absolute atomic E-state index is 12.5. The average molecular weight is 350 g/mol. The van der Waals surface area contributed by atoms with Crippen molar-refractivity contribution in [2.45, 2.75) is 25.6 Å². The number of hydrogen-bond acceptors (Lipinski definition) is 4. The quantitative estimate of drug-likeness (QED) is 0.734. The SMILES string of the molecule is O=C(NC1Cc2c(C(=O)NCc3ccccc3)cnn2C1)c1ccoc1. The number of carbonyl (C=O) groups is 2. The summed E-state index contributed by atoms with van der Waals surface area (Å²) in [5, 5.41) is 10.1. The van der Waals surface area contributed by atoms with E-state index < -0.39 is 0 Å². The molecule has 0 saturated heterocycles. The summed E-state index contributed by atoms with van der Waals surface area (Å²) in [6.07, 6.45) is 5.02. The van der Waals surface area contributed by atoms with Crippen LogP contribution >= 0.6 is 0 Å². The van der Waals surface area contributed by atoms with Crippen LogP contribution in [0.4, 0.5) is 0 Å². The Bertz CT molecular complexity index is 916. The highest BCUT2D eigenvalue weighted by Gasteiger charge is 2.29. The van der Waals surface area contributed by atoms with Crippen molar-refractivity contribution in [2.75, 3.05) is 0 Å². The van der Waals surface area contributed by atoms with E-state index in [1.54, 1.807) is 16.9 Å². The van der Waals surface area contributed by atoms with E-state index >= 15 is 0 Å². The lowest BCUT2D eigenvalue weighted by Gasteiger charge is -2.10. The Morgan fingerprint density at radius 3 is 2.81 bits per heavy atom. The lowest BCUT2D eigenvalue weighted by molar-refractivity contribution is 0.0934. The maximum Gasteiger partial charge on any atom is 0.255 e. The van der Waals surface area contributed by atoms with Crippen LogP contribution in [0.5, 0.6) is 0 Å². The molecular weight excluding hydrogens is 332 g/mol. The van der Waals surface area contributed by atoms with E-state index in [0.29, 0.717) is 30.6 Å². The van der Waals surface area contributed by atoms with Crippen molar-refractivity contribution in [3.05, 3.63) is 77.5 Å². The molecule has 0 radical (unpaired) electrons. The molecule has 2 aromatic heterocycles. The summed E-state index contributed by atoms with van der Waals surface area (Å²) in [6, 6.07) is 11.3. The van der Waals surface area contributed by atoms with Gasteiger partial charge in [0.1, 0.15) is 6.26 Å². The number of aromatic nitrogens is 2. The van der Waals surface area contributed by atoms with Crippen LogP contribution in [-0.4, -0.2) is 27.6 Å². The standard InChI is InChI=1S/C19H18N4O3/c24-18(14-6-7-26-12-14)22-15-8-17-16(10-21-23(17)11-15)19(25)20-9-13-4-2-1-3-5-13/h1-7,10,12,15H,8-9,11H2,(H,20,25)(H,22,24). The fourth-order valence-electron chi connectivity index (χ4n) is 3.11. The highest BCUT2D eigenvalue weighted by Crippen LogP contribution is 2.19. The lowest BCUT2D eigenvalue weighted by Crippen LogP contribution is -2.36.